The Labute approximate surface area is 136 Å². The topological polar surface area (TPSA) is 66.8 Å². The molecule has 2 N–H and O–H groups in total. The third kappa shape index (κ3) is 15.8. The largest absolute Gasteiger partial charge is 0.393 e. The van der Waals surface area contributed by atoms with Crippen LogP contribution in [0.2, 0.25) is 0 Å². The zero-order chi connectivity index (χ0) is 16.5. The average molecular weight is 316 g/mol. The summed E-state index contributed by atoms with van der Waals surface area (Å²) < 4.78 is 0. The van der Waals surface area contributed by atoms with Gasteiger partial charge in [0.25, 0.3) is 0 Å². The van der Waals surface area contributed by atoms with Crippen molar-refractivity contribution in [2.24, 2.45) is 0 Å². The fourth-order valence-corrected chi connectivity index (χ4v) is 2.76. The zero-order valence-electron chi connectivity index (χ0n) is 14.4. The van der Waals surface area contributed by atoms with Gasteiger partial charge in [0.15, 0.2) is 0 Å². The fourth-order valence-electron chi connectivity index (χ4n) is 2.76. The standard InChI is InChI=1S/C18H36O4/c1-2-14-17(19)15-12-10-8-6-4-3-5-7-9-11-13-16-18(20)22-21/h17,19,21H,2-16H2,1H3. The second-order valence-electron chi connectivity index (χ2n) is 6.33. The summed E-state index contributed by atoms with van der Waals surface area (Å²) in [5, 5.41) is 17.7. The maximum atomic E-state index is 10.7. The number of carbonyl (C=O) groups excluding carboxylic acids is 1. The van der Waals surface area contributed by atoms with E-state index < -0.39 is 5.97 Å². The molecule has 0 aromatic carbocycles. The van der Waals surface area contributed by atoms with Gasteiger partial charge < -0.3 is 9.99 Å². The van der Waals surface area contributed by atoms with Gasteiger partial charge in [-0.3, -0.25) is 0 Å². The van der Waals surface area contributed by atoms with Crippen LogP contribution >= 0.6 is 0 Å². The summed E-state index contributed by atoms with van der Waals surface area (Å²) >= 11 is 0. The maximum absolute atomic E-state index is 10.7. The number of hydrogen-bond acceptors (Lipinski definition) is 4. The van der Waals surface area contributed by atoms with E-state index >= 15 is 0 Å². The summed E-state index contributed by atoms with van der Waals surface area (Å²) in [7, 11) is 0. The quantitative estimate of drug-likeness (QED) is 0.232. The van der Waals surface area contributed by atoms with E-state index in [0.717, 1.165) is 44.9 Å². The van der Waals surface area contributed by atoms with Gasteiger partial charge in [0.05, 0.1) is 6.10 Å². The normalized spacial score (nSPS) is 12.3. The Morgan fingerprint density at radius 2 is 1.27 bits per heavy atom. The molecule has 0 aliphatic carbocycles. The Kier molecular flexibility index (Phi) is 16.3. The first-order valence-corrected chi connectivity index (χ1v) is 9.23. The predicted molar refractivity (Wildman–Crippen MR) is 89.7 cm³/mol. The van der Waals surface area contributed by atoms with E-state index in [9.17, 15) is 9.90 Å². The molecule has 0 saturated heterocycles. The van der Waals surface area contributed by atoms with E-state index in [1.54, 1.807) is 0 Å². The SMILES string of the molecule is CCCC(O)CCCCCCCCCCCCCC(=O)OO. The summed E-state index contributed by atoms with van der Waals surface area (Å²) in [6.45, 7) is 2.12. The highest BCUT2D eigenvalue weighted by atomic mass is 17.1. The van der Waals surface area contributed by atoms with Crippen LogP contribution in [0.4, 0.5) is 0 Å². The van der Waals surface area contributed by atoms with E-state index in [-0.39, 0.29) is 6.10 Å². The van der Waals surface area contributed by atoms with Crippen LogP contribution in [0.5, 0.6) is 0 Å². The Morgan fingerprint density at radius 1 is 0.818 bits per heavy atom. The lowest BCUT2D eigenvalue weighted by atomic mass is 10.0. The summed E-state index contributed by atoms with van der Waals surface area (Å²) in [6.07, 6.45) is 16.4. The summed E-state index contributed by atoms with van der Waals surface area (Å²) in [5.41, 5.74) is 0. The first kappa shape index (κ1) is 21.4. The van der Waals surface area contributed by atoms with Crippen LogP contribution < -0.4 is 0 Å². The first-order valence-electron chi connectivity index (χ1n) is 9.23. The molecule has 1 atom stereocenters. The third-order valence-electron chi connectivity index (χ3n) is 4.14. The van der Waals surface area contributed by atoms with Crippen LogP contribution in [0.1, 0.15) is 103 Å². The highest BCUT2D eigenvalue weighted by molar-refractivity contribution is 5.68. The molecular formula is C18H36O4. The van der Waals surface area contributed by atoms with Gasteiger partial charge in [-0.2, -0.15) is 5.26 Å². The maximum Gasteiger partial charge on any atom is 0.342 e. The Morgan fingerprint density at radius 3 is 1.73 bits per heavy atom. The molecule has 0 spiro atoms. The molecule has 1 unspecified atom stereocenters. The highest BCUT2D eigenvalue weighted by Gasteiger charge is 2.02. The van der Waals surface area contributed by atoms with Crippen LogP contribution in [0.3, 0.4) is 0 Å². The molecule has 4 nitrogen and oxygen atoms in total. The molecule has 132 valence electrons. The van der Waals surface area contributed by atoms with E-state index in [2.05, 4.69) is 11.8 Å². The van der Waals surface area contributed by atoms with Crippen molar-refractivity contribution < 1.29 is 20.0 Å². The molecule has 0 heterocycles. The molecule has 0 aliphatic heterocycles. The van der Waals surface area contributed by atoms with Crippen LogP contribution in [0, 0.1) is 0 Å². The minimum atomic E-state index is -0.526. The average Bonchev–Trinajstić information content (AvgIpc) is 2.51. The molecule has 0 aromatic rings. The van der Waals surface area contributed by atoms with Gasteiger partial charge in [-0.25, -0.2) is 4.79 Å². The Bertz CT molecular complexity index is 243. The number of aliphatic hydroxyl groups excluding tert-OH is 1. The van der Waals surface area contributed by atoms with Crippen LogP contribution in [0.15, 0.2) is 0 Å². The molecule has 0 aliphatic rings. The fraction of sp³-hybridized carbons (Fsp3) is 0.944. The second-order valence-corrected chi connectivity index (χ2v) is 6.33. The van der Waals surface area contributed by atoms with E-state index in [0.29, 0.717) is 6.42 Å². The number of carbonyl (C=O) groups is 1. The lowest BCUT2D eigenvalue weighted by molar-refractivity contribution is -0.234. The lowest BCUT2D eigenvalue weighted by Crippen LogP contribution is -2.04. The van der Waals surface area contributed by atoms with Crippen molar-refractivity contribution in [2.75, 3.05) is 0 Å². The molecule has 0 aromatic heterocycles. The number of unbranched alkanes of at least 4 members (excludes halogenated alkanes) is 10. The molecule has 4 heteroatoms. The van der Waals surface area contributed by atoms with Crippen molar-refractivity contribution >= 4 is 5.97 Å². The van der Waals surface area contributed by atoms with Gasteiger partial charge in [-0.05, 0) is 19.3 Å². The molecule has 0 rings (SSSR count). The van der Waals surface area contributed by atoms with Gasteiger partial charge in [0.2, 0.25) is 0 Å². The van der Waals surface area contributed by atoms with Gasteiger partial charge >= 0.3 is 5.97 Å². The second kappa shape index (κ2) is 16.8. The number of aliphatic hydroxyl groups is 1. The summed E-state index contributed by atoms with van der Waals surface area (Å²) in [5.74, 6) is -0.526. The molecular weight excluding hydrogens is 280 g/mol. The van der Waals surface area contributed by atoms with Crippen molar-refractivity contribution in [3.8, 4) is 0 Å². The number of hydrogen-bond donors (Lipinski definition) is 2. The van der Waals surface area contributed by atoms with Gasteiger partial charge in [-0.1, -0.05) is 77.6 Å². The van der Waals surface area contributed by atoms with E-state index in [1.807, 2.05) is 0 Å². The monoisotopic (exact) mass is 316 g/mol. The van der Waals surface area contributed by atoms with E-state index in [4.69, 9.17) is 5.26 Å². The summed E-state index contributed by atoms with van der Waals surface area (Å²) in [6, 6.07) is 0. The van der Waals surface area contributed by atoms with Gasteiger partial charge in [0, 0.05) is 6.42 Å². The molecule has 0 radical (unpaired) electrons. The van der Waals surface area contributed by atoms with Crippen molar-refractivity contribution in [2.45, 2.75) is 109 Å². The predicted octanol–water partition coefficient (Wildman–Crippen LogP) is 5.23. The Hall–Kier alpha value is -0.610. The van der Waals surface area contributed by atoms with Gasteiger partial charge in [-0.15, -0.1) is 0 Å². The zero-order valence-corrected chi connectivity index (χ0v) is 14.4. The van der Waals surface area contributed by atoms with Crippen molar-refractivity contribution in [3.05, 3.63) is 0 Å². The van der Waals surface area contributed by atoms with Crippen LogP contribution in [-0.4, -0.2) is 22.4 Å². The lowest BCUT2D eigenvalue weighted by Gasteiger charge is -2.08. The first-order chi connectivity index (χ1) is 10.7. The van der Waals surface area contributed by atoms with Crippen molar-refractivity contribution in [1.29, 1.82) is 0 Å². The van der Waals surface area contributed by atoms with Crippen molar-refractivity contribution in [3.63, 3.8) is 0 Å². The summed E-state index contributed by atoms with van der Waals surface area (Å²) in [4.78, 5) is 14.3. The molecule has 0 amide bonds. The molecule has 0 saturated carbocycles. The highest BCUT2D eigenvalue weighted by Crippen LogP contribution is 2.14. The Balaban J connectivity index is 3.07. The number of rotatable bonds is 16. The molecule has 22 heavy (non-hydrogen) atoms. The molecule has 0 fully saturated rings. The van der Waals surface area contributed by atoms with Crippen LogP contribution in [-0.2, 0) is 9.68 Å². The third-order valence-corrected chi connectivity index (χ3v) is 4.14. The molecule has 0 bridgehead atoms. The minimum Gasteiger partial charge on any atom is -0.393 e. The smallest absolute Gasteiger partial charge is 0.342 e. The minimum absolute atomic E-state index is 0.0794. The van der Waals surface area contributed by atoms with E-state index in [1.165, 1.54) is 44.9 Å². The van der Waals surface area contributed by atoms with Crippen LogP contribution in [0.25, 0.3) is 0 Å². The van der Waals surface area contributed by atoms with Crippen molar-refractivity contribution in [1.82, 2.24) is 0 Å². The van der Waals surface area contributed by atoms with Gasteiger partial charge in [0.1, 0.15) is 0 Å².